The van der Waals surface area contributed by atoms with Crippen LogP contribution in [-0.2, 0) is 6.54 Å². The van der Waals surface area contributed by atoms with Gasteiger partial charge >= 0.3 is 0 Å². The molecule has 2 aliphatic heterocycles. The maximum absolute atomic E-state index is 12.7. The maximum Gasteiger partial charge on any atom is 0.255 e. The molecule has 19 heavy (non-hydrogen) atoms. The van der Waals surface area contributed by atoms with E-state index in [0.29, 0.717) is 12.6 Å². The average Bonchev–Trinajstić information content (AvgIpc) is 2.88. The zero-order chi connectivity index (χ0) is 12.8. The lowest BCUT2D eigenvalue weighted by Gasteiger charge is -2.36. The number of H-pyrrole nitrogens is 1. The third-order valence-electron chi connectivity index (χ3n) is 4.24. The first-order valence-corrected chi connectivity index (χ1v) is 6.81. The largest absolute Gasteiger partial charge is 0.346 e. The highest BCUT2D eigenvalue weighted by Crippen LogP contribution is 2.30. The van der Waals surface area contributed by atoms with Gasteiger partial charge in [-0.2, -0.15) is 0 Å². The van der Waals surface area contributed by atoms with Gasteiger partial charge in [-0.25, -0.2) is 4.98 Å². The topological polar surface area (TPSA) is 61.0 Å². The molecule has 2 aromatic heterocycles. The molecule has 0 spiro atoms. The van der Waals surface area contributed by atoms with Gasteiger partial charge in [0, 0.05) is 30.4 Å². The van der Waals surface area contributed by atoms with Gasteiger partial charge in [-0.3, -0.25) is 4.79 Å². The van der Waals surface area contributed by atoms with E-state index in [2.05, 4.69) is 15.3 Å². The van der Waals surface area contributed by atoms with Crippen molar-refractivity contribution in [2.75, 3.05) is 13.1 Å². The van der Waals surface area contributed by atoms with E-state index in [1.165, 1.54) is 5.56 Å². The second-order valence-corrected chi connectivity index (χ2v) is 5.31. The van der Waals surface area contributed by atoms with E-state index in [1.807, 2.05) is 17.2 Å². The fraction of sp³-hybridized carbons (Fsp3) is 0.429. The molecule has 5 heteroatoms. The molecule has 0 unspecified atom stereocenters. The van der Waals surface area contributed by atoms with E-state index in [0.717, 1.165) is 42.5 Å². The minimum atomic E-state index is 0.159. The van der Waals surface area contributed by atoms with Gasteiger partial charge in [-0.15, -0.1) is 0 Å². The molecular formula is C14H16N4O. The molecule has 0 saturated carbocycles. The van der Waals surface area contributed by atoms with Crippen LogP contribution in [0.25, 0.3) is 11.0 Å². The van der Waals surface area contributed by atoms with E-state index in [1.54, 1.807) is 6.20 Å². The lowest BCUT2D eigenvalue weighted by Crippen LogP contribution is -2.46. The fourth-order valence-corrected chi connectivity index (χ4v) is 3.25. The summed E-state index contributed by atoms with van der Waals surface area (Å²) in [4.78, 5) is 22.1. The average molecular weight is 256 g/mol. The van der Waals surface area contributed by atoms with Crippen LogP contribution in [0.2, 0.25) is 0 Å². The molecule has 1 amide bonds. The van der Waals surface area contributed by atoms with Gasteiger partial charge in [0.1, 0.15) is 5.65 Å². The predicted molar refractivity (Wildman–Crippen MR) is 71.9 cm³/mol. The van der Waals surface area contributed by atoms with Gasteiger partial charge in [0.25, 0.3) is 5.91 Å². The first-order valence-electron chi connectivity index (χ1n) is 6.81. The van der Waals surface area contributed by atoms with Crippen molar-refractivity contribution in [3.8, 4) is 0 Å². The van der Waals surface area contributed by atoms with Crippen LogP contribution in [0, 0.1) is 0 Å². The van der Waals surface area contributed by atoms with Crippen molar-refractivity contribution >= 4 is 16.9 Å². The molecule has 98 valence electrons. The molecule has 4 rings (SSSR count). The number of nitrogens with zero attached hydrogens (tertiary/aromatic N) is 2. The Labute approximate surface area is 111 Å². The highest BCUT2D eigenvalue weighted by molar-refractivity contribution is 6.08. The number of nitrogens with one attached hydrogen (secondary N) is 2. The van der Waals surface area contributed by atoms with Crippen molar-refractivity contribution < 1.29 is 4.79 Å². The summed E-state index contributed by atoms with van der Waals surface area (Å²) in [5.41, 5.74) is 2.81. The van der Waals surface area contributed by atoms with Gasteiger partial charge in [0.2, 0.25) is 0 Å². The Bertz CT molecular complexity index is 642. The van der Waals surface area contributed by atoms with Crippen LogP contribution in [0.3, 0.4) is 0 Å². The van der Waals surface area contributed by atoms with Crippen LogP contribution in [0.5, 0.6) is 0 Å². The molecule has 0 atom stereocenters. The van der Waals surface area contributed by atoms with Gasteiger partial charge < -0.3 is 15.2 Å². The summed E-state index contributed by atoms with van der Waals surface area (Å²) < 4.78 is 0. The number of amides is 1. The molecule has 4 heterocycles. The van der Waals surface area contributed by atoms with Gasteiger partial charge in [0.15, 0.2) is 0 Å². The Kier molecular flexibility index (Phi) is 2.35. The number of piperidine rings is 1. The molecule has 2 aromatic rings. The number of hydrogen-bond donors (Lipinski definition) is 2. The van der Waals surface area contributed by atoms with Crippen LogP contribution in [-0.4, -0.2) is 39.9 Å². The highest BCUT2D eigenvalue weighted by Gasteiger charge is 2.32. The van der Waals surface area contributed by atoms with Crippen molar-refractivity contribution in [1.82, 2.24) is 20.2 Å². The van der Waals surface area contributed by atoms with Crippen LogP contribution >= 0.6 is 0 Å². The normalized spacial score (nSPS) is 20.2. The van der Waals surface area contributed by atoms with Crippen molar-refractivity contribution in [1.29, 1.82) is 0 Å². The first kappa shape index (κ1) is 11.0. The Balaban J connectivity index is 1.77. The van der Waals surface area contributed by atoms with Gasteiger partial charge in [-0.05, 0) is 37.6 Å². The minimum Gasteiger partial charge on any atom is -0.346 e. The molecule has 5 nitrogen and oxygen atoms in total. The summed E-state index contributed by atoms with van der Waals surface area (Å²) >= 11 is 0. The molecule has 0 bridgehead atoms. The monoisotopic (exact) mass is 256 g/mol. The van der Waals surface area contributed by atoms with Gasteiger partial charge in [0.05, 0.1) is 5.56 Å². The standard InChI is InChI=1S/C14H16N4O/c19-14-11-3-6-16-13-12(11)9(7-17-13)8-18(14)10-1-4-15-5-2-10/h3,6-7,10,15H,1-2,4-5,8H2,(H,16,17). The summed E-state index contributed by atoms with van der Waals surface area (Å²) in [7, 11) is 0. The summed E-state index contributed by atoms with van der Waals surface area (Å²) in [5, 5.41) is 4.36. The van der Waals surface area contributed by atoms with E-state index in [9.17, 15) is 4.79 Å². The fourth-order valence-electron chi connectivity index (χ4n) is 3.25. The predicted octanol–water partition coefficient (Wildman–Crippen LogP) is 1.27. The summed E-state index contributed by atoms with van der Waals surface area (Å²) in [6.07, 6.45) is 5.78. The van der Waals surface area contributed by atoms with Crippen LogP contribution in [0.4, 0.5) is 0 Å². The zero-order valence-electron chi connectivity index (χ0n) is 10.6. The quantitative estimate of drug-likeness (QED) is 0.807. The van der Waals surface area contributed by atoms with E-state index in [4.69, 9.17) is 0 Å². The summed E-state index contributed by atoms with van der Waals surface area (Å²) in [6, 6.07) is 2.20. The zero-order valence-corrected chi connectivity index (χ0v) is 10.6. The van der Waals surface area contributed by atoms with Gasteiger partial charge in [-0.1, -0.05) is 0 Å². The molecule has 2 aliphatic rings. The summed E-state index contributed by atoms with van der Waals surface area (Å²) in [5.74, 6) is 0.159. The van der Waals surface area contributed by atoms with Crippen LogP contribution in [0.15, 0.2) is 18.5 Å². The Morgan fingerprint density at radius 2 is 2.16 bits per heavy atom. The number of aromatic nitrogens is 2. The molecule has 1 saturated heterocycles. The molecular weight excluding hydrogens is 240 g/mol. The van der Waals surface area contributed by atoms with Crippen molar-refractivity contribution in [2.24, 2.45) is 0 Å². The number of hydrogen-bond acceptors (Lipinski definition) is 3. The molecule has 0 radical (unpaired) electrons. The van der Waals surface area contributed by atoms with Crippen molar-refractivity contribution in [3.63, 3.8) is 0 Å². The highest BCUT2D eigenvalue weighted by atomic mass is 16.2. The number of rotatable bonds is 1. The maximum atomic E-state index is 12.7. The minimum absolute atomic E-state index is 0.159. The number of pyridine rings is 1. The van der Waals surface area contributed by atoms with Crippen molar-refractivity contribution in [3.05, 3.63) is 29.6 Å². The second-order valence-electron chi connectivity index (χ2n) is 5.31. The lowest BCUT2D eigenvalue weighted by atomic mass is 9.97. The Morgan fingerprint density at radius 3 is 3.00 bits per heavy atom. The third-order valence-corrected chi connectivity index (χ3v) is 4.24. The first-order chi connectivity index (χ1) is 9.34. The van der Waals surface area contributed by atoms with E-state index < -0.39 is 0 Å². The Hall–Kier alpha value is -1.88. The van der Waals surface area contributed by atoms with E-state index in [-0.39, 0.29) is 5.91 Å². The number of aromatic amines is 1. The van der Waals surface area contributed by atoms with E-state index >= 15 is 0 Å². The molecule has 1 fully saturated rings. The number of carbonyl (C=O) groups is 1. The third kappa shape index (κ3) is 1.58. The molecule has 2 N–H and O–H groups in total. The molecule has 0 aliphatic carbocycles. The SMILES string of the molecule is O=C1c2ccnc3[nH]cc(c23)CN1C1CCNCC1. The second kappa shape index (κ2) is 4.06. The van der Waals surface area contributed by atoms with Crippen LogP contribution < -0.4 is 5.32 Å². The van der Waals surface area contributed by atoms with Crippen LogP contribution in [0.1, 0.15) is 28.8 Å². The molecule has 0 aromatic carbocycles. The lowest BCUT2D eigenvalue weighted by molar-refractivity contribution is 0.0616. The summed E-state index contributed by atoms with van der Waals surface area (Å²) in [6.45, 7) is 2.71. The number of carbonyl (C=O) groups excluding carboxylic acids is 1. The Morgan fingerprint density at radius 1 is 1.32 bits per heavy atom. The smallest absolute Gasteiger partial charge is 0.255 e. The van der Waals surface area contributed by atoms with Crippen molar-refractivity contribution in [2.45, 2.75) is 25.4 Å².